The van der Waals surface area contributed by atoms with E-state index in [-0.39, 0.29) is 12.1 Å². The summed E-state index contributed by atoms with van der Waals surface area (Å²) in [6.07, 6.45) is 2.63. The van der Waals surface area contributed by atoms with Crippen LogP contribution in [0.2, 0.25) is 0 Å². The summed E-state index contributed by atoms with van der Waals surface area (Å²) in [5.74, 6) is 0.528. The number of hydrogen-bond acceptors (Lipinski definition) is 4. The molecule has 0 aliphatic carbocycles. The number of nitrogens with one attached hydrogen (secondary N) is 3. The first kappa shape index (κ1) is 15.2. The van der Waals surface area contributed by atoms with Crippen molar-refractivity contribution in [3.8, 4) is 0 Å². The summed E-state index contributed by atoms with van der Waals surface area (Å²) >= 11 is 0. The van der Waals surface area contributed by atoms with Gasteiger partial charge in [-0.1, -0.05) is 0 Å². The molecule has 1 aromatic heterocycles. The quantitative estimate of drug-likeness (QED) is 0.660. The van der Waals surface area contributed by atoms with Gasteiger partial charge in [-0.15, -0.1) is 0 Å². The van der Waals surface area contributed by atoms with E-state index in [2.05, 4.69) is 20.9 Å². The summed E-state index contributed by atoms with van der Waals surface area (Å²) < 4.78 is 4.96. The van der Waals surface area contributed by atoms with Gasteiger partial charge >= 0.3 is 6.03 Å². The van der Waals surface area contributed by atoms with Crippen LogP contribution < -0.4 is 16.0 Å². The minimum Gasteiger partial charge on any atom is -0.385 e. The molecular weight excluding hydrogens is 244 g/mol. The van der Waals surface area contributed by atoms with E-state index < -0.39 is 0 Å². The summed E-state index contributed by atoms with van der Waals surface area (Å²) in [6.45, 7) is 5.37. The second kappa shape index (κ2) is 8.31. The molecule has 0 fully saturated rings. The molecule has 0 bridgehead atoms. The van der Waals surface area contributed by atoms with Gasteiger partial charge in [-0.05, 0) is 32.4 Å². The minimum absolute atomic E-state index is 0.0988. The summed E-state index contributed by atoms with van der Waals surface area (Å²) in [6, 6.07) is 3.49. The Morgan fingerprint density at radius 1 is 1.42 bits per heavy atom. The van der Waals surface area contributed by atoms with E-state index in [0.29, 0.717) is 5.82 Å². The van der Waals surface area contributed by atoms with Crippen LogP contribution in [-0.2, 0) is 4.74 Å². The molecule has 0 aliphatic rings. The first-order valence-electron chi connectivity index (χ1n) is 6.38. The molecule has 6 nitrogen and oxygen atoms in total. The Morgan fingerprint density at radius 2 is 2.21 bits per heavy atom. The number of pyridine rings is 1. The molecule has 6 heteroatoms. The number of amides is 2. The highest BCUT2D eigenvalue weighted by Gasteiger charge is 2.03. The summed E-state index contributed by atoms with van der Waals surface area (Å²) in [5, 5.41) is 8.62. The standard InChI is InChI=1S/C13H22N4O2/c1-10(2)16-13(18)17-12-6-5-11(9-15-12)14-7-4-8-19-3/h5-6,9-10,14H,4,7-8H2,1-3H3,(H2,15,16,17,18). The maximum absolute atomic E-state index is 11.5. The van der Waals surface area contributed by atoms with E-state index in [1.165, 1.54) is 0 Å². The van der Waals surface area contributed by atoms with Crippen LogP contribution in [0.15, 0.2) is 18.3 Å². The summed E-state index contributed by atoms with van der Waals surface area (Å²) in [5.41, 5.74) is 0.922. The maximum atomic E-state index is 11.5. The fourth-order valence-electron chi connectivity index (χ4n) is 1.44. The molecule has 0 unspecified atom stereocenters. The number of nitrogens with zero attached hydrogens (tertiary/aromatic N) is 1. The summed E-state index contributed by atoms with van der Waals surface area (Å²) in [7, 11) is 1.68. The third-order valence-corrected chi connectivity index (χ3v) is 2.28. The summed E-state index contributed by atoms with van der Waals surface area (Å²) in [4.78, 5) is 15.6. The highest BCUT2D eigenvalue weighted by molar-refractivity contribution is 5.88. The van der Waals surface area contributed by atoms with Crippen LogP contribution in [0.3, 0.4) is 0 Å². The molecule has 1 heterocycles. The lowest BCUT2D eigenvalue weighted by Crippen LogP contribution is -2.34. The number of methoxy groups -OCH3 is 1. The third-order valence-electron chi connectivity index (χ3n) is 2.28. The average Bonchev–Trinajstić information content (AvgIpc) is 2.35. The zero-order chi connectivity index (χ0) is 14.1. The molecule has 0 aliphatic heterocycles. The smallest absolute Gasteiger partial charge is 0.320 e. The molecule has 0 aromatic carbocycles. The fourth-order valence-corrected chi connectivity index (χ4v) is 1.44. The van der Waals surface area contributed by atoms with Gasteiger partial charge in [0.25, 0.3) is 0 Å². The van der Waals surface area contributed by atoms with Crippen molar-refractivity contribution in [1.82, 2.24) is 10.3 Å². The number of anilines is 2. The van der Waals surface area contributed by atoms with Gasteiger partial charge in [0.2, 0.25) is 0 Å². The Bertz CT molecular complexity index is 379. The molecule has 1 rings (SSSR count). The average molecular weight is 266 g/mol. The molecular formula is C13H22N4O2. The van der Waals surface area contributed by atoms with Gasteiger partial charge < -0.3 is 15.4 Å². The number of rotatable bonds is 7. The van der Waals surface area contributed by atoms with E-state index >= 15 is 0 Å². The topological polar surface area (TPSA) is 75.3 Å². The van der Waals surface area contributed by atoms with Crippen molar-refractivity contribution >= 4 is 17.5 Å². The number of ether oxygens (including phenoxy) is 1. The van der Waals surface area contributed by atoms with Crippen molar-refractivity contribution in [3.63, 3.8) is 0 Å². The first-order chi connectivity index (χ1) is 9.11. The molecule has 1 aromatic rings. The predicted molar refractivity (Wildman–Crippen MR) is 76.5 cm³/mol. The highest BCUT2D eigenvalue weighted by Crippen LogP contribution is 2.09. The van der Waals surface area contributed by atoms with Gasteiger partial charge in [-0.2, -0.15) is 0 Å². The highest BCUT2D eigenvalue weighted by atomic mass is 16.5. The van der Waals surface area contributed by atoms with Crippen molar-refractivity contribution in [1.29, 1.82) is 0 Å². The molecule has 106 valence electrons. The van der Waals surface area contributed by atoms with Crippen LogP contribution >= 0.6 is 0 Å². The second-order valence-electron chi connectivity index (χ2n) is 4.46. The van der Waals surface area contributed by atoms with Gasteiger partial charge in [0.05, 0.1) is 11.9 Å². The lowest BCUT2D eigenvalue weighted by Gasteiger charge is -2.10. The van der Waals surface area contributed by atoms with Crippen molar-refractivity contribution < 1.29 is 9.53 Å². The number of urea groups is 1. The van der Waals surface area contributed by atoms with Crippen molar-refractivity contribution in [3.05, 3.63) is 18.3 Å². The largest absolute Gasteiger partial charge is 0.385 e. The molecule has 0 atom stereocenters. The van der Waals surface area contributed by atoms with Crippen molar-refractivity contribution in [2.75, 3.05) is 30.9 Å². The van der Waals surface area contributed by atoms with Gasteiger partial charge in [0.15, 0.2) is 0 Å². The Balaban J connectivity index is 2.36. The maximum Gasteiger partial charge on any atom is 0.320 e. The Hall–Kier alpha value is -1.82. The molecule has 0 saturated carbocycles. The second-order valence-corrected chi connectivity index (χ2v) is 4.46. The van der Waals surface area contributed by atoms with E-state index in [9.17, 15) is 4.79 Å². The lowest BCUT2D eigenvalue weighted by molar-refractivity contribution is 0.198. The van der Waals surface area contributed by atoms with Crippen LogP contribution in [0.4, 0.5) is 16.3 Å². The van der Waals surface area contributed by atoms with Crippen LogP contribution in [0.5, 0.6) is 0 Å². The predicted octanol–water partition coefficient (Wildman–Crippen LogP) is 2.06. The molecule has 2 amide bonds. The van der Waals surface area contributed by atoms with E-state index in [1.807, 2.05) is 19.9 Å². The van der Waals surface area contributed by atoms with Crippen LogP contribution in [0.1, 0.15) is 20.3 Å². The Morgan fingerprint density at radius 3 is 2.79 bits per heavy atom. The van der Waals surface area contributed by atoms with Crippen molar-refractivity contribution in [2.24, 2.45) is 0 Å². The van der Waals surface area contributed by atoms with Crippen LogP contribution in [0, 0.1) is 0 Å². The van der Waals surface area contributed by atoms with Gasteiger partial charge in [-0.3, -0.25) is 5.32 Å². The first-order valence-corrected chi connectivity index (χ1v) is 6.38. The van der Waals surface area contributed by atoms with Gasteiger partial charge in [0, 0.05) is 26.3 Å². The van der Waals surface area contributed by atoms with Crippen LogP contribution in [-0.4, -0.2) is 37.3 Å². The molecule has 0 spiro atoms. The van der Waals surface area contributed by atoms with E-state index in [1.54, 1.807) is 19.4 Å². The third kappa shape index (κ3) is 6.61. The Labute approximate surface area is 113 Å². The van der Waals surface area contributed by atoms with Gasteiger partial charge in [0.1, 0.15) is 5.82 Å². The molecule has 3 N–H and O–H groups in total. The number of carbonyl (C=O) groups excluding carboxylic acids is 1. The molecule has 0 saturated heterocycles. The molecule has 0 radical (unpaired) electrons. The monoisotopic (exact) mass is 266 g/mol. The van der Waals surface area contributed by atoms with Crippen LogP contribution in [0.25, 0.3) is 0 Å². The lowest BCUT2D eigenvalue weighted by atomic mass is 10.3. The fraction of sp³-hybridized carbons (Fsp3) is 0.538. The number of carbonyl (C=O) groups is 1. The Kier molecular flexibility index (Phi) is 6.67. The SMILES string of the molecule is COCCCNc1ccc(NC(=O)NC(C)C)nc1. The molecule has 19 heavy (non-hydrogen) atoms. The number of hydrogen-bond donors (Lipinski definition) is 3. The minimum atomic E-state index is -0.247. The number of aromatic nitrogens is 1. The van der Waals surface area contributed by atoms with Gasteiger partial charge in [-0.25, -0.2) is 9.78 Å². The zero-order valence-electron chi connectivity index (χ0n) is 11.7. The van der Waals surface area contributed by atoms with E-state index in [0.717, 1.165) is 25.3 Å². The van der Waals surface area contributed by atoms with E-state index in [4.69, 9.17) is 4.74 Å². The normalized spacial score (nSPS) is 10.3. The zero-order valence-corrected chi connectivity index (χ0v) is 11.7. The van der Waals surface area contributed by atoms with Crippen molar-refractivity contribution in [2.45, 2.75) is 26.3 Å².